The topological polar surface area (TPSA) is 49.3 Å². The van der Waals surface area contributed by atoms with Crippen LogP contribution in [-0.4, -0.2) is 11.1 Å². The van der Waals surface area contributed by atoms with E-state index in [0.717, 1.165) is 23.4 Å². The smallest absolute Gasteiger partial charge is 0.303 e. The average molecular weight is 317 g/mol. The molecule has 2 N–H and O–H groups in total. The summed E-state index contributed by atoms with van der Waals surface area (Å²) in [5.74, 6) is -0.754. The zero-order chi connectivity index (χ0) is 16.9. The third-order valence-corrected chi connectivity index (χ3v) is 3.98. The van der Waals surface area contributed by atoms with E-state index in [1.165, 1.54) is 44.9 Å². The van der Waals surface area contributed by atoms with Crippen molar-refractivity contribution in [3.05, 3.63) is 42.1 Å². The van der Waals surface area contributed by atoms with Crippen LogP contribution in [0, 0.1) is 0 Å². The van der Waals surface area contributed by atoms with Crippen LogP contribution < -0.4 is 5.32 Å². The summed E-state index contributed by atoms with van der Waals surface area (Å²) < 4.78 is 0. The van der Waals surface area contributed by atoms with Crippen LogP contribution in [0.2, 0.25) is 0 Å². The number of anilines is 1. The van der Waals surface area contributed by atoms with Crippen molar-refractivity contribution in [1.29, 1.82) is 0 Å². The van der Waals surface area contributed by atoms with Gasteiger partial charge in [-0.3, -0.25) is 4.79 Å². The molecule has 23 heavy (non-hydrogen) atoms. The molecule has 0 saturated carbocycles. The molecule has 3 nitrogen and oxygen atoms in total. The first kappa shape index (κ1) is 19.3. The number of nitrogens with one attached hydrogen (secondary N) is 1. The lowest BCUT2D eigenvalue weighted by molar-refractivity contribution is -0.136. The molecule has 0 amide bonds. The van der Waals surface area contributed by atoms with E-state index in [9.17, 15) is 4.79 Å². The van der Waals surface area contributed by atoms with Gasteiger partial charge in [0.1, 0.15) is 0 Å². The molecule has 0 aromatic heterocycles. The molecule has 0 spiro atoms. The van der Waals surface area contributed by atoms with Crippen LogP contribution in [-0.2, 0) is 11.2 Å². The second-order valence-electron chi connectivity index (χ2n) is 6.19. The van der Waals surface area contributed by atoms with Crippen molar-refractivity contribution in [1.82, 2.24) is 0 Å². The van der Waals surface area contributed by atoms with Crippen molar-refractivity contribution in [3.63, 3.8) is 0 Å². The van der Waals surface area contributed by atoms with Crippen LogP contribution in [0.4, 0.5) is 5.69 Å². The largest absolute Gasteiger partial charge is 0.481 e. The Balaban J connectivity index is 2.17. The number of benzene rings is 1. The van der Waals surface area contributed by atoms with Gasteiger partial charge in [0, 0.05) is 17.8 Å². The Hall–Kier alpha value is -1.77. The third-order valence-electron chi connectivity index (χ3n) is 3.98. The summed E-state index contributed by atoms with van der Waals surface area (Å²) in [5, 5.41) is 12.0. The normalized spacial score (nSPS) is 10.5. The van der Waals surface area contributed by atoms with Gasteiger partial charge >= 0.3 is 5.97 Å². The van der Waals surface area contributed by atoms with E-state index in [-0.39, 0.29) is 6.42 Å². The van der Waals surface area contributed by atoms with Gasteiger partial charge in [0.25, 0.3) is 0 Å². The first-order valence-corrected chi connectivity index (χ1v) is 8.87. The number of hydrogen-bond acceptors (Lipinski definition) is 2. The molecule has 0 radical (unpaired) electrons. The van der Waals surface area contributed by atoms with Crippen molar-refractivity contribution in [3.8, 4) is 0 Å². The van der Waals surface area contributed by atoms with Crippen molar-refractivity contribution in [2.75, 3.05) is 5.32 Å². The van der Waals surface area contributed by atoms with E-state index in [1.54, 1.807) is 0 Å². The number of hydrogen-bond donors (Lipinski definition) is 2. The maximum atomic E-state index is 10.6. The Kier molecular flexibility index (Phi) is 9.85. The van der Waals surface area contributed by atoms with E-state index < -0.39 is 5.97 Å². The lowest BCUT2D eigenvalue weighted by Crippen LogP contribution is -1.99. The van der Waals surface area contributed by atoms with Gasteiger partial charge in [-0.25, -0.2) is 0 Å². The van der Waals surface area contributed by atoms with Gasteiger partial charge < -0.3 is 10.4 Å². The summed E-state index contributed by atoms with van der Waals surface area (Å²) in [6.45, 7) is 6.33. The van der Waals surface area contributed by atoms with Gasteiger partial charge in [0.2, 0.25) is 0 Å². The van der Waals surface area contributed by atoms with Gasteiger partial charge in [-0.1, -0.05) is 64.2 Å². The molecular weight excluding hydrogens is 286 g/mol. The van der Waals surface area contributed by atoms with Crippen LogP contribution >= 0.6 is 0 Å². The second-order valence-corrected chi connectivity index (χ2v) is 6.19. The number of carbonyl (C=O) groups is 1. The van der Waals surface area contributed by atoms with Crippen LogP contribution in [0.25, 0.3) is 0 Å². The van der Waals surface area contributed by atoms with Crippen LogP contribution in [0.15, 0.2) is 36.5 Å². The molecule has 0 fully saturated rings. The van der Waals surface area contributed by atoms with Crippen molar-refractivity contribution >= 4 is 11.7 Å². The summed E-state index contributed by atoms with van der Waals surface area (Å²) in [5.41, 5.74) is 3.13. The fraction of sp³-hybridized carbons (Fsp3) is 0.550. The molecule has 0 unspecified atom stereocenters. The van der Waals surface area contributed by atoms with Gasteiger partial charge in [0.15, 0.2) is 0 Å². The van der Waals surface area contributed by atoms with E-state index in [4.69, 9.17) is 5.11 Å². The summed E-state index contributed by atoms with van der Waals surface area (Å²) >= 11 is 0. The third kappa shape index (κ3) is 9.77. The average Bonchev–Trinajstić information content (AvgIpc) is 2.53. The SMILES string of the molecule is C=C(CCCCCCCCC)Nc1ccc(CCC(=O)O)cc1. The highest BCUT2D eigenvalue weighted by atomic mass is 16.4. The Morgan fingerprint density at radius 2 is 1.61 bits per heavy atom. The number of allylic oxidation sites excluding steroid dienone is 1. The van der Waals surface area contributed by atoms with E-state index in [0.29, 0.717) is 6.42 Å². The number of unbranched alkanes of at least 4 members (excludes halogenated alkanes) is 6. The van der Waals surface area contributed by atoms with Crippen molar-refractivity contribution in [2.45, 2.75) is 71.1 Å². The zero-order valence-corrected chi connectivity index (χ0v) is 14.4. The quantitative estimate of drug-likeness (QED) is 0.454. The Morgan fingerprint density at radius 3 is 2.22 bits per heavy atom. The summed E-state index contributed by atoms with van der Waals surface area (Å²) in [6.07, 6.45) is 10.9. The predicted octanol–water partition coefficient (Wildman–Crippen LogP) is 5.77. The molecule has 0 atom stereocenters. The zero-order valence-electron chi connectivity index (χ0n) is 14.4. The monoisotopic (exact) mass is 317 g/mol. The molecule has 128 valence electrons. The first-order valence-electron chi connectivity index (χ1n) is 8.87. The number of rotatable bonds is 13. The first-order chi connectivity index (χ1) is 11.1. The molecule has 0 saturated heterocycles. The molecule has 0 aliphatic rings. The molecule has 0 aliphatic carbocycles. The molecular formula is C20H31NO2. The van der Waals surface area contributed by atoms with E-state index >= 15 is 0 Å². The molecule has 1 aromatic carbocycles. The number of aliphatic carboxylic acids is 1. The van der Waals surface area contributed by atoms with Crippen molar-refractivity contribution in [2.24, 2.45) is 0 Å². The lowest BCUT2D eigenvalue weighted by atomic mass is 10.1. The number of aryl methyl sites for hydroxylation is 1. The summed E-state index contributed by atoms with van der Waals surface area (Å²) in [4.78, 5) is 10.6. The highest BCUT2D eigenvalue weighted by molar-refractivity contribution is 5.67. The Labute approximate surface area is 140 Å². The highest BCUT2D eigenvalue weighted by Crippen LogP contribution is 2.16. The molecule has 1 aromatic rings. The number of carboxylic acid groups (broad SMARTS) is 1. The van der Waals surface area contributed by atoms with Crippen molar-refractivity contribution < 1.29 is 9.90 Å². The standard InChI is InChI=1S/C20H31NO2/c1-3-4-5-6-7-8-9-10-17(2)21-19-14-11-18(12-15-19)13-16-20(22)23/h11-12,14-15,21H,2-10,13,16H2,1H3,(H,22,23). The second kappa shape index (κ2) is 11.8. The van der Waals surface area contributed by atoms with Crippen LogP contribution in [0.3, 0.4) is 0 Å². The molecule has 1 rings (SSSR count). The van der Waals surface area contributed by atoms with Gasteiger partial charge in [-0.05, 0) is 37.0 Å². The molecule has 0 bridgehead atoms. The Bertz CT molecular complexity index is 465. The highest BCUT2D eigenvalue weighted by Gasteiger charge is 2.00. The molecule has 0 aliphatic heterocycles. The molecule has 3 heteroatoms. The summed E-state index contributed by atoms with van der Waals surface area (Å²) in [6, 6.07) is 7.94. The maximum Gasteiger partial charge on any atom is 0.303 e. The predicted molar refractivity (Wildman–Crippen MR) is 97.8 cm³/mol. The fourth-order valence-corrected chi connectivity index (χ4v) is 2.57. The molecule has 0 heterocycles. The van der Waals surface area contributed by atoms with Gasteiger partial charge in [0.05, 0.1) is 0 Å². The number of carboxylic acids is 1. The lowest BCUT2D eigenvalue weighted by Gasteiger charge is -2.10. The summed E-state index contributed by atoms with van der Waals surface area (Å²) in [7, 11) is 0. The Morgan fingerprint density at radius 1 is 1.00 bits per heavy atom. The van der Waals surface area contributed by atoms with E-state index in [1.807, 2.05) is 24.3 Å². The van der Waals surface area contributed by atoms with E-state index in [2.05, 4.69) is 18.8 Å². The maximum absolute atomic E-state index is 10.6. The minimum atomic E-state index is -0.754. The van der Waals surface area contributed by atoms with Crippen LogP contribution in [0.1, 0.15) is 70.3 Å². The minimum absolute atomic E-state index is 0.178. The minimum Gasteiger partial charge on any atom is -0.481 e. The fourth-order valence-electron chi connectivity index (χ4n) is 2.57. The van der Waals surface area contributed by atoms with Crippen LogP contribution in [0.5, 0.6) is 0 Å². The van der Waals surface area contributed by atoms with Gasteiger partial charge in [-0.15, -0.1) is 0 Å². The van der Waals surface area contributed by atoms with Gasteiger partial charge in [-0.2, -0.15) is 0 Å².